The summed E-state index contributed by atoms with van der Waals surface area (Å²) in [6.07, 6.45) is 2.40. The molecule has 16 heavy (non-hydrogen) atoms. The Kier molecular flexibility index (Phi) is 4.59. The van der Waals surface area contributed by atoms with E-state index in [1.54, 1.807) is 0 Å². The average molecular weight is 227 g/mol. The van der Waals surface area contributed by atoms with Gasteiger partial charge in [0, 0.05) is 11.6 Å². The minimum absolute atomic E-state index is 0.0643. The molecular weight excluding hydrogens is 202 g/mol. The highest BCUT2D eigenvalue weighted by Crippen LogP contribution is 2.14. The highest BCUT2D eigenvalue weighted by Gasteiger charge is 2.22. The molecule has 0 spiro atoms. The number of urea groups is 1. The first-order valence-corrected chi connectivity index (χ1v) is 6.18. The van der Waals surface area contributed by atoms with E-state index in [4.69, 9.17) is 0 Å². The largest absolute Gasteiger partial charge is 0.335 e. The zero-order valence-corrected chi connectivity index (χ0v) is 10.9. The van der Waals surface area contributed by atoms with Gasteiger partial charge in [-0.3, -0.25) is 0 Å². The predicted octanol–water partition coefficient (Wildman–Crippen LogP) is 1.47. The fourth-order valence-corrected chi connectivity index (χ4v) is 2.01. The van der Waals surface area contributed by atoms with E-state index >= 15 is 0 Å². The van der Waals surface area contributed by atoms with Gasteiger partial charge >= 0.3 is 6.03 Å². The van der Waals surface area contributed by atoms with Crippen molar-refractivity contribution in [2.24, 2.45) is 5.92 Å². The van der Waals surface area contributed by atoms with E-state index in [0.29, 0.717) is 5.92 Å². The number of carbonyl (C=O) groups is 1. The molecule has 2 atom stereocenters. The second-order valence-corrected chi connectivity index (χ2v) is 5.74. The molecule has 0 aromatic rings. The summed E-state index contributed by atoms with van der Waals surface area (Å²) in [7, 11) is 0. The molecule has 94 valence electrons. The standard InChI is InChI=1S/C12H25N3O/c1-9(10-6-5-7-13-8-10)14-11(16)15-12(2,3)4/h9-10,13H,5-8H2,1-4H3,(H2,14,15,16)/t9-,10-/m0/s1. The third-order valence-electron chi connectivity index (χ3n) is 2.89. The SMILES string of the molecule is C[C@H](NC(=O)NC(C)(C)C)[C@H]1CCCNC1. The van der Waals surface area contributed by atoms with Crippen LogP contribution in [0.4, 0.5) is 4.79 Å². The summed E-state index contributed by atoms with van der Waals surface area (Å²) in [5, 5.41) is 9.30. The van der Waals surface area contributed by atoms with Gasteiger partial charge < -0.3 is 16.0 Å². The first-order valence-electron chi connectivity index (χ1n) is 6.18. The minimum Gasteiger partial charge on any atom is -0.335 e. The van der Waals surface area contributed by atoms with E-state index in [1.807, 2.05) is 20.8 Å². The number of amides is 2. The summed E-state index contributed by atoms with van der Waals surface area (Å²) in [5.74, 6) is 0.555. The number of piperidine rings is 1. The van der Waals surface area contributed by atoms with Crippen LogP contribution in [0.25, 0.3) is 0 Å². The van der Waals surface area contributed by atoms with Crippen molar-refractivity contribution in [3.8, 4) is 0 Å². The van der Waals surface area contributed by atoms with Crippen LogP contribution in [0, 0.1) is 5.92 Å². The summed E-state index contributed by atoms with van der Waals surface area (Å²) >= 11 is 0. The molecule has 0 saturated carbocycles. The number of rotatable bonds is 2. The van der Waals surface area contributed by atoms with Crippen molar-refractivity contribution in [1.29, 1.82) is 0 Å². The lowest BCUT2D eigenvalue weighted by atomic mass is 9.93. The summed E-state index contributed by atoms with van der Waals surface area (Å²) in [6.45, 7) is 10.2. The van der Waals surface area contributed by atoms with Crippen LogP contribution in [0.2, 0.25) is 0 Å². The van der Waals surface area contributed by atoms with E-state index in [2.05, 4.69) is 22.9 Å². The first-order chi connectivity index (χ1) is 7.38. The van der Waals surface area contributed by atoms with Crippen molar-refractivity contribution < 1.29 is 4.79 Å². The summed E-state index contributed by atoms with van der Waals surface area (Å²) in [4.78, 5) is 11.7. The molecule has 3 N–H and O–H groups in total. The maximum Gasteiger partial charge on any atom is 0.315 e. The van der Waals surface area contributed by atoms with Crippen LogP contribution in [-0.4, -0.2) is 30.7 Å². The van der Waals surface area contributed by atoms with Gasteiger partial charge in [0.05, 0.1) is 0 Å². The van der Waals surface area contributed by atoms with Crippen molar-refractivity contribution in [3.63, 3.8) is 0 Å². The van der Waals surface area contributed by atoms with E-state index in [0.717, 1.165) is 13.1 Å². The quantitative estimate of drug-likeness (QED) is 0.669. The van der Waals surface area contributed by atoms with Gasteiger partial charge in [-0.15, -0.1) is 0 Å². The van der Waals surface area contributed by atoms with Crippen LogP contribution in [0.15, 0.2) is 0 Å². The molecular formula is C12H25N3O. The molecule has 0 aromatic carbocycles. The maximum absolute atomic E-state index is 11.7. The Morgan fingerprint density at radius 3 is 2.62 bits per heavy atom. The molecule has 0 radical (unpaired) electrons. The van der Waals surface area contributed by atoms with E-state index < -0.39 is 0 Å². The van der Waals surface area contributed by atoms with E-state index in [-0.39, 0.29) is 17.6 Å². The third kappa shape index (κ3) is 4.84. The van der Waals surface area contributed by atoms with Crippen molar-refractivity contribution in [2.75, 3.05) is 13.1 Å². The molecule has 1 aliphatic rings. The Morgan fingerprint density at radius 1 is 1.44 bits per heavy atom. The first kappa shape index (κ1) is 13.3. The highest BCUT2D eigenvalue weighted by atomic mass is 16.2. The van der Waals surface area contributed by atoms with Crippen LogP contribution < -0.4 is 16.0 Å². The fourth-order valence-electron chi connectivity index (χ4n) is 2.01. The summed E-state index contributed by atoms with van der Waals surface area (Å²) in [6, 6.07) is 0.167. The van der Waals surface area contributed by atoms with Gasteiger partial charge in [0.1, 0.15) is 0 Å². The highest BCUT2D eigenvalue weighted by molar-refractivity contribution is 5.74. The summed E-state index contributed by atoms with van der Waals surface area (Å²) < 4.78 is 0. The molecule has 1 rings (SSSR count). The van der Waals surface area contributed by atoms with E-state index in [1.165, 1.54) is 12.8 Å². The predicted molar refractivity (Wildman–Crippen MR) is 66.5 cm³/mol. The summed E-state index contributed by atoms with van der Waals surface area (Å²) in [5.41, 5.74) is -0.172. The van der Waals surface area contributed by atoms with Crippen molar-refractivity contribution >= 4 is 6.03 Å². The van der Waals surface area contributed by atoms with Gasteiger partial charge in [-0.2, -0.15) is 0 Å². The monoisotopic (exact) mass is 227 g/mol. The molecule has 4 nitrogen and oxygen atoms in total. The van der Waals surface area contributed by atoms with Gasteiger partial charge in [0.15, 0.2) is 0 Å². The minimum atomic E-state index is -0.172. The Balaban J connectivity index is 2.32. The number of hydrogen-bond donors (Lipinski definition) is 3. The fraction of sp³-hybridized carbons (Fsp3) is 0.917. The second-order valence-electron chi connectivity index (χ2n) is 5.74. The van der Waals surface area contributed by atoms with Crippen molar-refractivity contribution in [3.05, 3.63) is 0 Å². The lowest BCUT2D eigenvalue weighted by Gasteiger charge is -2.30. The zero-order chi connectivity index (χ0) is 12.2. The molecule has 4 heteroatoms. The lowest BCUT2D eigenvalue weighted by Crippen LogP contribution is -2.52. The molecule has 0 bridgehead atoms. The molecule has 1 heterocycles. The average Bonchev–Trinajstić information content (AvgIpc) is 2.16. The van der Waals surface area contributed by atoms with Crippen molar-refractivity contribution in [1.82, 2.24) is 16.0 Å². The Hall–Kier alpha value is -0.770. The molecule has 1 aliphatic heterocycles. The Labute approximate surface area is 98.6 Å². The smallest absolute Gasteiger partial charge is 0.315 e. The van der Waals surface area contributed by atoms with Crippen LogP contribution in [0.5, 0.6) is 0 Å². The van der Waals surface area contributed by atoms with Crippen LogP contribution in [-0.2, 0) is 0 Å². The second kappa shape index (κ2) is 5.53. The molecule has 2 amide bonds. The van der Waals surface area contributed by atoms with Gasteiger partial charge in [0.2, 0.25) is 0 Å². The third-order valence-corrected chi connectivity index (χ3v) is 2.89. The molecule has 1 fully saturated rings. The number of hydrogen-bond acceptors (Lipinski definition) is 2. The number of carbonyl (C=O) groups excluding carboxylic acids is 1. The van der Waals surface area contributed by atoms with Crippen molar-refractivity contribution in [2.45, 2.75) is 52.1 Å². The van der Waals surface area contributed by atoms with Crippen LogP contribution in [0.1, 0.15) is 40.5 Å². The maximum atomic E-state index is 11.7. The van der Waals surface area contributed by atoms with E-state index in [9.17, 15) is 4.79 Å². The van der Waals surface area contributed by atoms with Gasteiger partial charge in [-0.05, 0) is 59.5 Å². The van der Waals surface area contributed by atoms with Crippen LogP contribution >= 0.6 is 0 Å². The van der Waals surface area contributed by atoms with Gasteiger partial charge in [-0.25, -0.2) is 4.79 Å². The topological polar surface area (TPSA) is 53.2 Å². The normalized spacial score (nSPS) is 23.6. The Bertz CT molecular complexity index is 229. The lowest BCUT2D eigenvalue weighted by molar-refractivity contribution is 0.219. The number of nitrogens with one attached hydrogen (secondary N) is 3. The zero-order valence-electron chi connectivity index (χ0n) is 10.9. The van der Waals surface area contributed by atoms with Gasteiger partial charge in [0.25, 0.3) is 0 Å². The Morgan fingerprint density at radius 2 is 2.12 bits per heavy atom. The molecule has 1 saturated heterocycles. The molecule has 0 aromatic heterocycles. The molecule has 0 unspecified atom stereocenters. The van der Waals surface area contributed by atoms with Gasteiger partial charge in [-0.1, -0.05) is 0 Å². The molecule has 0 aliphatic carbocycles. The van der Waals surface area contributed by atoms with Crippen LogP contribution in [0.3, 0.4) is 0 Å².